The van der Waals surface area contributed by atoms with Gasteiger partial charge in [-0.25, -0.2) is 0 Å². The van der Waals surface area contributed by atoms with Crippen LogP contribution in [0.2, 0.25) is 0 Å². The maximum absolute atomic E-state index is 0. The predicted octanol–water partition coefficient (Wildman–Crippen LogP) is -1.84. The minimum atomic E-state index is 0. The van der Waals surface area contributed by atoms with Crippen molar-refractivity contribution in [1.82, 2.24) is 0 Å². The van der Waals surface area contributed by atoms with Gasteiger partial charge < -0.3 is 49.3 Å². The summed E-state index contributed by atoms with van der Waals surface area (Å²) in [6.45, 7) is 0. The summed E-state index contributed by atoms with van der Waals surface area (Å²) >= 11 is 0. The third-order valence-corrected chi connectivity index (χ3v) is 0. The fraction of sp³-hybridized carbons (Fsp3) is 0. The molecule has 0 aromatic carbocycles. The number of rotatable bonds is 0. The first kappa shape index (κ1) is 271. The normalized spacial score (nSPS) is 0. The average Bonchev–Trinajstić information content (AvgIpc) is 0. The van der Waals surface area contributed by atoms with Gasteiger partial charge in [-0.05, 0) is 0 Å². The van der Waals surface area contributed by atoms with Crippen molar-refractivity contribution in [3.8, 4) is 0 Å². The molecule has 78 valence electrons. The van der Waals surface area contributed by atoms with Crippen molar-refractivity contribution < 1.29 is 127 Å². The van der Waals surface area contributed by atoms with Gasteiger partial charge in [0.2, 0.25) is 0 Å². The van der Waals surface area contributed by atoms with E-state index in [2.05, 4.69) is 0 Å². The molecule has 0 heterocycles. The van der Waals surface area contributed by atoms with E-state index in [1.807, 2.05) is 0 Å². The standard InChI is InChI=1S/2Ba.2Cr.9O.2Ti/q2*+2;2*+3;9*-2;2*+4. The Kier molecular flexibility index (Phi) is 4170. The van der Waals surface area contributed by atoms with Gasteiger partial charge in [-0.1, -0.05) is 0 Å². The summed E-state index contributed by atoms with van der Waals surface area (Å²) in [6.07, 6.45) is 0. The average molecular weight is 618 g/mol. The van der Waals surface area contributed by atoms with Crippen molar-refractivity contribution in [2.24, 2.45) is 0 Å². The molecule has 15 heteroatoms. The molecule has 0 fully saturated rings. The van der Waals surface area contributed by atoms with E-state index < -0.39 is 0 Å². The summed E-state index contributed by atoms with van der Waals surface area (Å²) in [5.74, 6) is 0. The van der Waals surface area contributed by atoms with E-state index in [9.17, 15) is 0 Å². The Morgan fingerprint density at radius 3 is 0.267 bits per heavy atom. The summed E-state index contributed by atoms with van der Waals surface area (Å²) in [7, 11) is 0. The van der Waals surface area contributed by atoms with E-state index in [0.29, 0.717) is 0 Å². The first-order chi connectivity index (χ1) is 0. The second-order valence-corrected chi connectivity index (χ2v) is 0. The number of hydrogen-bond acceptors (Lipinski definition) is 0. The molecule has 0 N–H and O–H groups in total. The van der Waals surface area contributed by atoms with E-state index in [0.717, 1.165) is 0 Å². The van der Waals surface area contributed by atoms with Crippen LogP contribution in [-0.2, 0) is 127 Å². The first-order valence-electron chi connectivity index (χ1n) is 0. The van der Waals surface area contributed by atoms with Crippen molar-refractivity contribution in [2.75, 3.05) is 0 Å². The Bertz CT molecular complexity index is 24.1. The fourth-order valence-electron chi connectivity index (χ4n) is 0. The van der Waals surface area contributed by atoms with E-state index in [1.54, 1.807) is 0 Å². The van der Waals surface area contributed by atoms with E-state index >= 15 is 0 Å². The molecule has 0 aromatic rings. The van der Waals surface area contributed by atoms with Crippen LogP contribution in [0, 0.1) is 0 Å². The molecule has 15 heavy (non-hydrogen) atoms. The molecule has 0 unspecified atom stereocenters. The fourth-order valence-corrected chi connectivity index (χ4v) is 0. The van der Waals surface area contributed by atoms with Gasteiger partial charge in [0.1, 0.15) is 0 Å². The smallest absolute Gasteiger partial charge is 2.00 e. The second kappa shape index (κ2) is 231. The zero-order valence-electron chi connectivity index (χ0n) is 6.90. The van der Waals surface area contributed by atoms with Crippen LogP contribution in [0.1, 0.15) is 0 Å². The van der Waals surface area contributed by atoms with Crippen molar-refractivity contribution in [3.05, 3.63) is 0 Å². The summed E-state index contributed by atoms with van der Waals surface area (Å²) in [5.41, 5.74) is 0. The zero-order chi connectivity index (χ0) is 0. The molecular weight excluding hydrogens is 618 g/mol. The maximum atomic E-state index is 0. The van der Waals surface area contributed by atoms with Gasteiger partial charge in [0.05, 0.1) is 0 Å². The van der Waals surface area contributed by atoms with Crippen LogP contribution >= 0.6 is 0 Å². The molecule has 9 nitrogen and oxygen atoms in total. The van der Waals surface area contributed by atoms with E-state index in [-0.39, 0.29) is 225 Å². The maximum Gasteiger partial charge on any atom is 4.00 e. The number of hydrogen-bond donors (Lipinski definition) is 0. The summed E-state index contributed by atoms with van der Waals surface area (Å²) in [4.78, 5) is 0. The van der Waals surface area contributed by atoms with Crippen LogP contribution in [-0.4, -0.2) is 97.8 Å². The van der Waals surface area contributed by atoms with Gasteiger partial charge >= 0.3 is 176 Å². The molecule has 0 aliphatic rings. The monoisotopic (exact) mass is 620 g/mol. The molecule has 0 bridgehead atoms. The van der Waals surface area contributed by atoms with Gasteiger partial charge in [-0.15, -0.1) is 0 Å². The van der Waals surface area contributed by atoms with Crippen molar-refractivity contribution in [1.29, 1.82) is 0 Å². The first-order valence-corrected chi connectivity index (χ1v) is 0. The Morgan fingerprint density at radius 2 is 0.267 bits per heavy atom. The van der Waals surface area contributed by atoms with Gasteiger partial charge in [0.15, 0.2) is 0 Å². The van der Waals surface area contributed by atoms with Gasteiger partial charge in [-0.2, -0.15) is 0 Å². The Labute approximate surface area is 220 Å². The Hall–Kier alpha value is 5.28. The Morgan fingerprint density at radius 1 is 0.267 bits per heavy atom. The van der Waals surface area contributed by atoms with Crippen molar-refractivity contribution in [3.63, 3.8) is 0 Å². The molecule has 0 saturated carbocycles. The predicted molar refractivity (Wildman–Crippen MR) is 17.7 cm³/mol. The minimum Gasteiger partial charge on any atom is -2.00 e. The van der Waals surface area contributed by atoms with Crippen molar-refractivity contribution in [2.45, 2.75) is 0 Å². The largest absolute Gasteiger partial charge is 4.00 e. The molecular formula is Ba2Cr2O9Ti2. The molecule has 0 spiro atoms. The van der Waals surface area contributed by atoms with Crippen molar-refractivity contribution >= 4 is 97.8 Å². The third-order valence-electron chi connectivity index (χ3n) is 0. The van der Waals surface area contributed by atoms with Crippen LogP contribution in [0.15, 0.2) is 0 Å². The van der Waals surface area contributed by atoms with E-state index in [1.165, 1.54) is 0 Å². The zero-order valence-corrected chi connectivity index (χ0v) is 21.5. The quantitative estimate of drug-likeness (QED) is 0.271. The summed E-state index contributed by atoms with van der Waals surface area (Å²) < 4.78 is 0. The Balaban J connectivity index is 0. The van der Waals surface area contributed by atoms with Gasteiger partial charge in [-0.3, -0.25) is 0 Å². The van der Waals surface area contributed by atoms with Crippen LogP contribution in [0.5, 0.6) is 0 Å². The van der Waals surface area contributed by atoms with E-state index in [4.69, 9.17) is 0 Å². The van der Waals surface area contributed by atoms with Crippen LogP contribution in [0.25, 0.3) is 0 Å². The summed E-state index contributed by atoms with van der Waals surface area (Å²) in [5, 5.41) is 0. The van der Waals surface area contributed by atoms with Crippen LogP contribution < -0.4 is 0 Å². The molecule has 0 rings (SSSR count). The SMILES string of the molecule is [Ba+2].[Ba+2].[Cr+3].[Cr+3].[O-2].[O-2].[O-2].[O-2].[O-2].[O-2].[O-2].[O-2].[O-2].[Ti+4].[Ti+4]. The van der Waals surface area contributed by atoms with Crippen LogP contribution in [0.3, 0.4) is 0 Å². The third kappa shape index (κ3) is 207. The summed E-state index contributed by atoms with van der Waals surface area (Å²) in [6, 6.07) is 0. The topological polar surface area (TPSA) is 256 Å². The molecule has 0 aliphatic carbocycles. The van der Waals surface area contributed by atoms with Gasteiger partial charge in [0.25, 0.3) is 0 Å². The molecule has 0 atom stereocenters. The molecule has 0 aliphatic heterocycles. The van der Waals surface area contributed by atoms with Crippen LogP contribution in [0.4, 0.5) is 0 Å². The molecule has 2 radical (unpaired) electrons. The molecule has 0 aromatic heterocycles. The molecule has 0 saturated heterocycles. The minimum absolute atomic E-state index is 0. The second-order valence-electron chi connectivity index (χ2n) is 0. The van der Waals surface area contributed by atoms with Gasteiger partial charge in [0, 0.05) is 0 Å². The molecule has 0 amide bonds.